The summed E-state index contributed by atoms with van der Waals surface area (Å²) in [6.07, 6.45) is 1.18. The highest BCUT2D eigenvalue weighted by Gasteiger charge is 2.34. The van der Waals surface area contributed by atoms with Crippen molar-refractivity contribution in [1.82, 2.24) is 4.90 Å². The number of halogens is 1. The summed E-state index contributed by atoms with van der Waals surface area (Å²) in [6, 6.07) is 3.61. The lowest BCUT2D eigenvalue weighted by Crippen LogP contribution is -2.32. The molecule has 106 valence electrons. The van der Waals surface area contributed by atoms with Gasteiger partial charge >= 0.3 is 0 Å². The van der Waals surface area contributed by atoms with E-state index < -0.39 is 10.8 Å². The summed E-state index contributed by atoms with van der Waals surface area (Å²) < 4.78 is 0. The fraction of sp³-hybridized carbons (Fsp3) is 0.385. The van der Waals surface area contributed by atoms with Gasteiger partial charge in [-0.15, -0.1) is 0 Å². The van der Waals surface area contributed by atoms with Crippen LogP contribution in [-0.2, 0) is 4.79 Å². The smallest absolute Gasteiger partial charge is 0.270 e. The van der Waals surface area contributed by atoms with Gasteiger partial charge < -0.3 is 0 Å². The van der Waals surface area contributed by atoms with E-state index in [0.29, 0.717) is 13.0 Å². The van der Waals surface area contributed by atoms with Crippen molar-refractivity contribution < 1.29 is 14.5 Å². The number of carbonyl (C=O) groups excluding carboxylic acids is 2. The van der Waals surface area contributed by atoms with Gasteiger partial charge in [0.15, 0.2) is 0 Å². The number of likely N-dealkylation sites (tertiary alicyclic amines) is 1. The quantitative estimate of drug-likeness (QED) is 0.488. The van der Waals surface area contributed by atoms with Gasteiger partial charge in [-0.2, -0.15) is 0 Å². The zero-order valence-corrected chi connectivity index (χ0v) is 11.6. The molecule has 0 radical (unpaired) electrons. The molecule has 1 aromatic carbocycles. The Morgan fingerprint density at radius 1 is 1.55 bits per heavy atom. The summed E-state index contributed by atoms with van der Waals surface area (Å²) in [5, 5.41) is 10.6. The molecule has 2 amide bonds. The number of non-ortho nitro benzene ring substituents is 1. The molecule has 1 aliphatic rings. The van der Waals surface area contributed by atoms with Crippen molar-refractivity contribution in [2.45, 2.75) is 19.8 Å². The number of benzene rings is 1. The Bertz CT molecular complexity index is 588. The van der Waals surface area contributed by atoms with Gasteiger partial charge in [0.05, 0.1) is 15.5 Å². The van der Waals surface area contributed by atoms with E-state index in [4.69, 9.17) is 11.6 Å². The number of imide groups is 1. The van der Waals surface area contributed by atoms with E-state index in [1.165, 1.54) is 17.0 Å². The second-order valence-electron chi connectivity index (χ2n) is 4.71. The van der Waals surface area contributed by atoms with Crippen LogP contribution in [0.1, 0.15) is 30.1 Å². The predicted molar refractivity (Wildman–Crippen MR) is 72.5 cm³/mol. The Morgan fingerprint density at radius 2 is 2.25 bits per heavy atom. The molecule has 1 fully saturated rings. The van der Waals surface area contributed by atoms with E-state index in [-0.39, 0.29) is 28.1 Å². The average Bonchev–Trinajstić information content (AvgIpc) is 2.79. The van der Waals surface area contributed by atoms with E-state index in [1.54, 1.807) is 0 Å². The first-order chi connectivity index (χ1) is 9.43. The number of amides is 2. The van der Waals surface area contributed by atoms with Crippen LogP contribution in [-0.4, -0.2) is 28.2 Å². The third kappa shape index (κ3) is 2.65. The minimum absolute atomic E-state index is 0.0167. The summed E-state index contributed by atoms with van der Waals surface area (Å²) in [4.78, 5) is 35.3. The second-order valence-corrected chi connectivity index (χ2v) is 5.12. The summed E-state index contributed by atoms with van der Waals surface area (Å²) in [5.41, 5.74) is -0.0758. The van der Waals surface area contributed by atoms with Crippen molar-refractivity contribution in [3.63, 3.8) is 0 Å². The maximum atomic E-state index is 12.3. The number of rotatable bonds is 3. The predicted octanol–water partition coefficient (Wildman–Crippen LogP) is 2.65. The van der Waals surface area contributed by atoms with Crippen LogP contribution >= 0.6 is 11.6 Å². The van der Waals surface area contributed by atoms with Crippen LogP contribution in [0.4, 0.5) is 5.69 Å². The first-order valence-corrected chi connectivity index (χ1v) is 6.60. The fourth-order valence-electron chi connectivity index (χ4n) is 2.19. The van der Waals surface area contributed by atoms with E-state index in [9.17, 15) is 19.7 Å². The molecule has 0 bridgehead atoms. The van der Waals surface area contributed by atoms with Crippen LogP contribution in [0.3, 0.4) is 0 Å². The third-order valence-corrected chi connectivity index (χ3v) is 3.73. The zero-order chi connectivity index (χ0) is 14.9. The molecule has 1 saturated heterocycles. The van der Waals surface area contributed by atoms with Gasteiger partial charge in [-0.3, -0.25) is 24.6 Å². The molecule has 1 heterocycles. The molecule has 20 heavy (non-hydrogen) atoms. The lowest BCUT2D eigenvalue weighted by Gasteiger charge is -2.15. The summed E-state index contributed by atoms with van der Waals surface area (Å²) in [7, 11) is 0. The minimum Gasteiger partial charge on any atom is -0.278 e. The summed E-state index contributed by atoms with van der Waals surface area (Å²) >= 11 is 5.90. The molecule has 7 heteroatoms. The normalized spacial score (nSPS) is 18.4. The van der Waals surface area contributed by atoms with E-state index in [1.807, 2.05) is 6.92 Å². The molecule has 0 aromatic heterocycles. The van der Waals surface area contributed by atoms with Crippen LogP contribution in [0.25, 0.3) is 0 Å². The zero-order valence-electron chi connectivity index (χ0n) is 10.8. The van der Waals surface area contributed by atoms with Crippen molar-refractivity contribution in [3.8, 4) is 0 Å². The lowest BCUT2D eigenvalue weighted by atomic mass is 10.1. The molecule has 1 aliphatic heterocycles. The lowest BCUT2D eigenvalue weighted by molar-refractivity contribution is -0.384. The van der Waals surface area contributed by atoms with Crippen molar-refractivity contribution >= 4 is 29.1 Å². The average molecular weight is 297 g/mol. The number of nitrogens with zero attached hydrogens (tertiary/aromatic N) is 2. The second kappa shape index (κ2) is 5.58. The van der Waals surface area contributed by atoms with Crippen molar-refractivity contribution in [2.24, 2.45) is 5.92 Å². The highest BCUT2D eigenvalue weighted by Crippen LogP contribution is 2.27. The van der Waals surface area contributed by atoms with E-state index in [0.717, 1.165) is 12.5 Å². The molecule has 0 aliphatic carbocycles. The number of nitro benzene ring substituents is 1. The van der Waals surface area contributed by atoms with Gasteiger partial charge in [0.25, 0.3) is 11.6 Å². The topological polar surface area (TPSA) is 80.5 Å². The molecule has 2 rings (SSSR count). The Kier molecular flexibility index (Phi) is 4.04. The molecular weight excluding hydrogens is 284 g/mol. The van der Waals surface area contributed by atoms with E-state index in [2.05, 4.69) is 0 Å². The molecule has 1 unspecified atom stereocenters. The first-order valence-electron chi connectivity index (χ1n) is 6.22. The molecule has 0 N–H and O–H groups in total. The minimum atomic E-state index is -0.589. The van der Waals surface area contributed by atoms with Gasteiger partial charge in [0.2, 0.25) is 5.91 Å². The number of carbonyl (C=O) groups is 2. The SMILES string of the molecule is CCC1CC(=O)N(C(=O)c2ccc([N+](=O)[O-])cc2Cl)C1. The maximum Gasteiger partial charge on any atom is 0.270 e. The van der Waals surface area contributed by atoms with Gasteiger partial charge in [-0.25, -0.2) is 0 Å². The van der Waals surface area contributed by atoms with Crippen LogP contribution in [0.5, 0.6) is 0 Å². The monoisotopic (exact) mass is 296 g/mol. The number of hydrogen-bond donors (Lipinski definition) is 0. The van der Waals surface area contributed by atoms with Crippen molar-refractivity contribution in [1.29, 1.82) is 0 Å². The maximum absolute atomic E-state index is 12.3. The standard InChI is InChI=1S/C13H13ClN2O4/c1-2-8-5-12(17)15(7-8)13(18)10-4-3-9(16(19)20)6-11(10)14/h3-4,6,8H,2,5,7H2,1H3. The Morgan fingerprint density at radius 3 is 2.75 bits per heavy atom. The molecular formula is C13H13ClN2O4. The van der Waals surface area contributed by atoms with Gasteiger partial charge in [0.1, 0.15) is 0 Å². The fourth-order valence-corrected chi connectivity index (χ4v) is 2.44. The Labute approximate surface area is 120 Å². The molecule has 0 saturated carbocycles. The molecule has 1 aromatic rings. The Hall–Kier alpha value is -1.95. The first kappa shape index (κ1) is 14.5. The summed E-state index contributed by atoms with van der Waals surface area (Å²) in [6.45, 7) is 2.34. The highest BCUT2D eigenvalue weighted by molar-refractivity contribution is 6.34. The van der Waals surface area contributed by atoms with E-state index >= 15 is 0 Å². The van der Waals surface area contributed by atoms with Gasteiger partial charge in [-0.05, 0) is 12.0 Å². The molecule has 6 nitrogen and oxygen atoms in total. The summed E-state index contributed by atoms with van der Waals surface area (Å²) in [5.74, 6) is -0.551. The van der Waals surface area contributed by atoms with Crippen LogP contribution in [0, 0.1) is 16.0 Å². The van der Waals surface area contributed by atoms with Crippen LogP contribution in [0.2, 0.25) is 5.02 Å². The van der Waals surface area contributed by atoms with Crippen LogP contribution in [0.15, 0.2) is 18.2 Å². The van der Waals surface area contributed by atoms with Gasteiger partial charge in [-0.1, -0.05) is 24.9 Å². The Balaban J connectivity index is 2.26. The van der Waals surface area contributed by atoms with Gasteiger partial charge in [0, 0.05) is 25.1 Å². The van der Waals surface area contributed by atoms with Crippen molar-refractivity contribution in [3.05, 3.63) is 38.9 Å². The number of hydrogen-bond acceptors (Lipinski definition) is 4. The largest absolute Gasteiger partial charge is 0.278 e. The van der Waals surface area contributed by atoms with Crippen LogP contribution < -0.4 is 0 Å². The number of nitro groups is 1. The molecule has 1 atom stereocenters. The highest BCUT2D eigenvalue weighted by atomic mass is 35.5. The van der Waals surface area contributed by atoms with Crippen molar-refractivity contribution in [2.75, 3.05) is 6.54 Å². The third-order valence-electron chi connectivity index (χ3n) is 3.42. The molecule has 0 spiro atoms.